The molecule has 0 spiro atoms. The molecular weight excluding hydrogens is 316 g/mol. The van der Waals surface area contributed by atoms with Gasteiger partial charge in [0, 0.05) is 23.9 Å². The number of hydrogen-bond donors (Lipinski definition) is 1. The molecule has 6 heteroatoms. The molecular formula is C16H26N2O2S2. The molecule has 0 radical (unpaired) electrons. The summed E-state index contributed by atoms with van der Waals surface area (Å²) in [5.74, 6) is 0.671. The first-order chi connectivity index (χ1) is 10.5. The van der Waals surface area contributed by atoms with Gasteiger partial charge in [0.1, 0.15) is 10.6 Å². The van der Waals surface area contributed by atoms with Gasteiger partial charge in [-0.05, 0) is 25.9 Å². The molecule has 0 aromatic carbocycles. The minimum Gasteiger partial charge on any atom is -0.495 e. The molecule has 1 amide bonds. The third-order valence-corrected chi connectivity index (χ3v) is 6.13. The summed E-state index contributed by atoms with van der Waals surface area (Å²) >= 11 is 3.29. The number of likely N-dealkylation sites (N-methyl/N-ethyl adjacent to an activating group) is 1. The Morgan fingerprint density at radius 1 is 1.59 bits per heavy atom. The fourth-order valence-corrected chi connectivity index (χ4v) is 5.22. The van der Waals surface area contributed by atoms with E-state index in [-0.39, 0.29) is 5.91 Å². The summed E-state index contributed by atoms with van der Waals surface area (Å²) < 4.78 is 6.50. The highest BCUT2D eigenvalue weighted by molar-refractivity contribution is 8.01. The monoisotopic (exact) mass is 342 g/mol. The van der Waals surface area contributed by atoms with Gasteiger partial charge in [-0.1, -0.05) is 20.8 Å². The van der Waals surface area contributed by atoms with Crippen molar-refractivity contribution in [1.29, 1.82) is 0 Å². The zero-order valence-corrected chi connectivity index (χ0v) is 15.5. The van der Waals surface area contributed by atoms with Crippen LogP contribution in [0.4, 0.5) is 0 Å². The molecule has 0 aliphatic carbocycles. The van der Waals surface area contributed by atoms with Crippen LogP contribution in [0.2, 0.25) is 0 Å². The van der Waals surface area contributed by atoms with Crippen molar-refractivity contribution >= 4 is 29.0 Å². The summed E-state index contributed by atoms with van der Waals surface area (Å²) in [6, 6.07) is 2.45. The molecule has 22 heavy (non-hydrogen) atoms. The first-order valence-electron chi connectivity index (χ1n) is 7.91. The smallest absolute Gasteiger partial charge is 0.265 e. The first kappa shape index (κ1) is 17.6. The molecule has 2 rings (SSSR count). The van der Waals surface area contributed by atoms with Crippen molar-refractivity contribution in [3.05, 3.63) is 10.9 Å². The van der Waals surface area contributed by atoms with Gasteiger partial charge in [0.2, 0.25) is 0 Å². The van der Waals surface area contributed by atoms with Crippen molar-refractivity contribution in [3.63, 3.8) is 0 Å². The van der Waals surface area contributed by atoms with E-state index in [4.69, 9.17) is 4.74 Å². The van der Waals surface area contributed by atoms with Gasteiger partial charge in [0.05, 0.1) is 11.3 Å². The Hall–Kier alpha value is -0.720. The minimum absolute atomic E-state index is 0.0135. The van der Waals surface area contributed by atoms with E-state index in [1.54, 1.807) is 18.9 Å². The summed E-state index contributed by atoms with van der Waals surface area (Å²) in [5.41, 5.74) is 0. The molecule has 4 nitrogen and oxygen atoms in total. The largest absolute Gasteiger partial charge is 0.495 e. The van der Waals surface area contributed by atoms with Crippen LogP contribution in [0.3, 0.4) is 0 Å². The average Bonchev–Trinajstić information content (AvgIpc) is 3.09. The molecule has 1 fully saturated rings. The molecule has 1 aliphatic heterocycles. The van der Waals surface area contributed by atoms with Crippen LogP contribution in [-0.4, -0.2) is 48.8 Å². The molecule has 0 bridgehead atoms. The molecule has 2 heterocycles. The van der Waals surface area contributed by atoms with Crippen LogP contribution in [0.15, 0.2) is 10.3 Å². The number of carbonyl (C=O) groups excluding carboxylic acids is 1. The zero-order valence-electron chi connectivity index (χ0n) is 13.8. The number of amides is 1. The van der Waals surface area contributed by atoms with E-state index in [0.29, 0.717) is 21.9 Å². The first-order valence-corrected chi connectivity index (χ1v) is 9.61. The Kier molecular flexibility index (Phi) is 6.59. The van der Waals surface area contributed by atoms with Gasteiger partial charge < -0.3 is 10.1 Å². The summed E-state index contributed by atoms with van der Waals surface area (Å²) in [6.45, 7) is 9.40. The van der Waals surface area contributed by atoms with Crippen LogP contribution >= 0.6 is 23.1 Å². The number of ether oxygens (including phenoxy) is 1. The van der Waals surface area contributed by atoms with Crippen LogP contribution in [0.1, 0.15) is 43.3 Å². The van der Waals surface area contributed by atoms with E-state index in [1.807, 2.05) is 6.07 Å². The normalized spacial score (nSPS) is 18.9. The van der Waals surface area contributed by atoms with E-state index in [1.165, 1.54) is 24.2 Å². The molecule has 1 saturated heterocycles. The molecule has 1 aromatic heterocycles. The zero-order chi connectivity index (χ0) is 16.1. The molecule has 0 saturated carbocycles. The van der Waals surface area contributed by atoms with Gasteiger partial charge >= 0.3 is 0 Å². The van der Waals surface area contributed by atoms with Gasteiger partial charge in [-0.25, -0.2) is 0 Å². The lowest BCUT2D eigenvalue weighted by molar-refractivity contribution is 0.0943. The van der Waals surface area contributed by atoms with Crippen molar-refractivity contribution in [2.45, 2.75) is 49.1 Å². The van der Waals surface area contributed by atoms with Crippen molar-refractivity contribution in [2.75, 3.05) is 26.7 Å². The van der Waals surface area contributed by atoms with Crippen LogP contribution in [0.25, 0.3) is 0 Å². The number of thioether (sulfide) groups is 1. The Bertz CT molecular complexity index is 502. The second kappa shape index (κ2) is 8.22. The van der Waals surface area contributed by atoms with Crippen LogP contribution < -0.4 is 10.1 Å². The lowest BCUT2D eigenvalue weighted by Gasteiger charge is -2.22. The number of carbonyl (C=O) groups is 1. The summed E-state index contributed by atoms with van der Waals surface area (Å²) in [6.07, 6.45) is 2.40. The highest BCUT2D eigenvalue weighted by Gasteiger charge is 2.24. The second-order valence-corrected chi connectivity index (χ2v) is 8.69. The maximum atomic E-state index is 12.5. The fraction of sp³-hybridized carbons (Fsp3) is 0.688. The number of methoxy groups -OCH3 is 1. The van der Waals surface area contributed by atoms with Crippen molar-refractivity contribution in [2.24, 2.45) is 0 Å². The van der Waals surface area contributed by atoms with Crippen molar-refractivity contribution in [1.82, 2.24) is 10.2 Å². The number of nitrogens with one attached hydrogen (secondary N) is 1. The molecule has 1 atom stereocenters. The predicted octanol–water partition coefficient (Wildman–Crippen LogP) is 3.47. The lowest BCUT2D eigenvalue weighted by atomic mass is 10.2. The number of hydrogen-bond acceptors (Lipinski definition) is 5. The maximum Gasteiger partial charge on any atom is 0.265 e. The highest BCUT2D eigenvalue weighted by Crippen LogP contribution is 2.37. The maximum absolute atomic E-state index is 12.5. The molecule has 1 N–H and O–H groups in total. The van der Waals surface area contributed by atoms with Gasteiger partial charge in [-0.3, -0.25) is 9.69 Å². The SMILES string of the molecule is CCN1CCCC1CNC(=O)c1sc(SC(C)C)cc1OC. The minimum atomic E-state index is -0.0135. The van der Waals surface area contributed by atoms with E-state index >= 15 is 0 Å². The highest BCUT2D eigenvalue weighted by atomic mass is 32.2. The standard InChI is InChI=1S/C16H26N2O2S2/c1-5-18-8-6-7-12(18)10-17-16(19)15-13(20-4)9-14(22-15)21-11(2)3/h9,11-12H,5-8,10H2,1-4H3,(H,17,19). The summed E-state index contributed by atoms with van der Waals surface area (Å²) in [4.78, 5) is 15.6. The van der Waals surface area contributed by atoms with Gasteiger partial charge in [0.25, 0.3) is 5.91 Å². The number of rotatable bonds is 7. The van der Waals surface area contributed by atoms with E-state index in [2.05, 4.69) is 31.0 Å². The van der Waals surface area contributed by atoms with Crippen LogP contribution in [0.5, 0.6) is 5.75 Å². The second-order valence-electron chi connectivity index (χ2n) is 5.76. The van der Waals surface area contributed by atoms with Gasteiger partial charge in [0.15, 0.2) is 0 Å². The van der Waals surface area contributed by atoms with Crippen molar-refractivity contribution < 1.29 is 9.53 Å². The molecule has 1 unspecified atom stereocenters. The van der Waals surface area contributed by atoms with E-state index in [9.17, 15) is 4.79 Å². The topological polar surface area (TPSA) is 41.6 Å². The van der Waals surface area contributed by atoms with Crippen LogP contribution in [-0.2, 0) is 0 Å². The Morgan fingerprint density at radius 3 is 3.00 bits per heavy atom. The van der Waals surface area contributed by atoms with Gasteiger partial charge in [-0.15, -0.1) is 23.1 Å². The van der Waals surface area contributed by atoms with Crippen molar-refractivity contribution in [3.8, 4) is 5.75 Å². The van der Waals surface area contributed by atoms with E-state index in [0.717, 1.165) is 23.8 Å². The number of likely N-dealkylation sites (tertiary alicyclic amines) is 1. The predicted molar refractivity (Wildman–Crippen MR) is 94.5 cm³/mol. The molecule has 124 valence electrons. The number of nitrogens with zero attached hydrogens (tertiary/aromatic N) is 1. The van der Waals surface area contributed by atoms with E-state index < -0.39 is 0 Å². The molecule has 1 aliphatic rings. The third-order valence-electron chi connectivity index (χ3n) is 3.86. The van der Waals surface area contributed by atoms with Gasteiger partial charge in [-0.2, -0.15) is 0 Å². The Morgan fingerprint density at radius 2 is 2.36 bits per heavy atom. The fourth-order valence-electron chi connectivity index (χ4n) is 2.79. The Labute approximate surface area is 141 Å². The lowest BCUT2D eigenvalue weighted by Crippen LogP contribution is -2.39. The molecule has 1 aromatic rings. The third kappa shape index (κ3) is 4.40. The Balaban J connectivity index is 1.98. The quantitative estimate of drug-likeness (QED) is 0.771. The van der Waals surface area contributed by atoms with Crippen LogP contribution in [0, 0.1) is 0 Å². The average molecular weight is 343 g/mol. The number of thiophene rings is 1. The summed E-state index contributed by atoms with van der Waals surface area (Å²) in [5, 5.41) is 3.58. The summed E-state index contributed by atoms with van der Waals surface area (Å²) in [7, 11) is 1.62.